The van der Waals surface area contributed by atoms with Crippen LogP contribution in [-0.4, -0.2) is 42.1 Å². The van der Waals surface area contributed by atoms with Crippen molar-refractivity contribution in [3.8, 4) is 0 Å². The summed E-state index contributed by atoms with van der Waals surface area (Å²) in [5, 5.41) is 3.81. The lowest BCUT2D eigenvalue weighted by Gasteiger charge is -2.30. The average molecular weight is 633 g/mol. The molecule has 0 spiro atoms. The van der Waals surface area contributed by atoms with Crippen LogP contribution >= 0.6 is 27.5 Å². The number of nitrogens with one attached hydrogen (secondary N) is 1. The molecule has 0 saturated carbocycles. The van der Waals surface area contributed by atoms with Crippen molar-refractivity contribution in [1.29, 1.82) is 0 Å². The number of aromatic nitrogens is 1. The Labute approximate surface area is 248 Å². The lowest BCUT2D eigenvalue weighted by molar-refractivity contribution is -0.155. The Bertz CT molecular complexity index is 1400. The van der Waals surface area contributed by atoms with Crippen LogP contribution in [0.25, 0.3) is 10.9 Å². The van der Waals surface area contributed by atoms with Crippen molar-refractivity contribution >= 4 is 56.1 Å². The highest BCUT2D eigenvalue weighted by atomic mass is 79.9. The summed E-state index contributed by atoms with van der Waals surface area (Å²) in [7, 11) is 0. The van der Waals surface area contributed by atoms with Crippen LogP contribution in [0.3, 0.4) is 0 Å². The maximum absolute atomic E-state index is 14.4. The zero-order valence-corrected chi connectivity index (χ0v) is 25.8. The van der Waals surface area contributed by atoms with Gasteiger partial charge in [-0.2, -0.15) is 0 Å². The van der Waals surface area contributed by atoms with Gasteiger partial charge < -0.3 is 15.0 Å². The van der Waals surface area contributed by atoms with E-state index in [9.17, 15) is 14.0 Å². The Kier molecular flexibility index (Phi) is 9.72. The van der Waals surface area contributed by atoms with Crippen LogP contribution in [0.4, 0.5) is 10.2 Å². The summed E-state index contributed by atoms with van der Waals surface area (Å²) in [5.74, 6) is -0.727. The van der Waals surface area contributed by atoms with E-state index in [1.807, 2.05) is 45.9 Å². The van der Waals surface area contributed by atoms with Crippen molar-refractivity contribution < 1.29 is 18.7 Å². The molecule has 1 amide bonds. The summed E-state index contributed by atoms with van der Waals surface area (Å²) in [6.07, 6.45) is 3.81. The van der Waals surface area contributed by atoms with Crippen LogP contribution in [0, 0.1) is 12.7 Å². The normalized spacial score (nSPS) is 14.7. The molecule has 1 unspecified atom stereocenters. The van der Waals surface area contributed by atoms with Gasteiger partial charge in [-0.1, -0.05) is 39.7 Å². The molecule has 40 heavy (non-hydrogen) atoms. The van der Waals surface area contributed by atoms with Crippen LogP contribution in [0.2, 0.25) is 5.02 Å². The number of esters is 1. The van der Waals surface area contributed by atoms with E-state index in [2.05, 4.69) is 26.1 Å². The maximum Gasteiger partial charge on any atom is 0.306 e. The molecule has 0 bridgehead atoms. The lowest BCUT2D eigenvalue weighted by atomic mass is 9.93. The van der Waals surface area contributed by atoms with E-state index >= 15 is 0 Å². The summed E-state index contributed by atoms with van der Waals surface area (Å²) < 4.78 is 20.7. The molecule has 4 rings (SSSR count). The Morgan fingerprint density at radius 3 is 2.60 bits per heavy atom. The number of pyridine rings is 1. The van der Waals surface area contributed by atoms with Crippen molar-refractivity contribution in [2.45, 2.75) is 71.3 Å². The first-order chi connectivity index (χ1) is 18.9. The Morgan fingerprint density at radius 1 is 1.18 bits per heavy atom. The first-order valence-corrected chi connectivity index (χ1v) is 14.9. The molecule has 6 nitrogen and oxygen atoms in total. The molecule has 1 atom stereocenters. The molecule has 1 N–H and O–H groups in total. The summed E-state index contributed by atoms with van der Waals surface area (Å²) >= 11 is 9.88. The molecule has 0 aliphatic carbocycles. The molecule has 9 heteroatoms. The number of carbonyl (C=O) groups is 2. The molecule has 1 fully saturated rings. The fourth-order valence-corrected chi connectivity index (χ4v) is 5.86. The van der Waals surface area contributed by atoms with Gasteiger partial charge >= 0.3 is 5.97 Å². The second-order valence-corrected chi connectivity index (χ2v) is 12.6. The van der Waals surface area contributed by atoms with Crippen LogP contribution in [-0.2, 0) is 9.53 Å². The van der Waals surface area contributed by atoms with Gasteiger partial charge in [0.05, 0.1) is 16.1 Å². The minimum Gasteiger partial charge on any atom is -0.460 e. The molecule has 1 aliphatic rings. The van der Waals surface area contributed by atoms with E-state index in [1.165, 1.54) is 12.5 Å². The largest absolute Gasteiger partial charge is 0.460 e. The second kappa shape index (κ2) is 12.9. The Balaban J connectivity index is 1.64. The average Bonchev–Trinajstić information content (AvgIpc) is 2.89. The van der Waals surface area contributed by atoms with Gasteiger partial charge in [-0.15, -0.1) is 0 Å². The summed E-state index contributed by atoms with van der Waals surface area (Å²) in [6.45, 7) is 9.35. The molecule has 1 saturated heterocycles. The van der Waals surface area contributed by atoms with Gasteiger partial charge in [0, 0.05) is 47.4 Å². The van der Waals surface area contributed by atoms with E-state index in [0.717, 1.165) is 52.7 Å². The fourth-order valence-electron chi connectivity index (χ4n) is 5.22. The van der Waals surface area contributed by atoms with Crippen LogP contribution < -0.4 is 10.2 Å². The van der Waals surface area contributed by atoms with E-state index < -0.39 is 17.3 Å². The number of benzene rings is 2. The Hall–Kier alpha value is -2.71. The standard InChI is InChI=1S/C31H36BrClFN3O3/c1-19-27(23-17-21(32)12-13-25(23)36-29(19)37-15-6-5-7-16-37)30(39)35-18-20(11-14-26(38)40-31(2,3)4)22-9-8-10-24(34)28(22)33/h8-10,12-13,17,20H,5-7,11,14-16,18H2,1-4H3,(H,35,39). The van der Waals surface area contributed by atoms with E-state index in [0.29, 0.717) is 17.5 Å². The first-order valence-electron chi connectivity index (χ1n) is 13.7. The highest BCUT2D eigenvalue weighted by Crippen LogP contribution is 2.33. The van der Waals surface area contributed by atoms with Crippen molar-refractivity contribution in [2.24, 2.45) is 0 Å². The number of hydrogen-bond donors (Lipinski definition) is 1. The van der Waals surface area contributed by atoms with Gasteiger partial charge in [-0.05, 0) is 83.2 Å². The fraction of sp³-hybridized carbons (Fsp3) is 0.452. The van der Waals surface area contributed by atoms with Gasteiger partial charge in [0.2, 0.25) is 0 Å². The number of hydrogen-bond acceptors (Lipinski definition) is 5. The number of nitrogens with zero attached hydrogens (tertiary/aromatic N) is 2. The predicted molar refractivity (Wildman–Crippen MR) is 162 cm³/mol. The van der Waals surface area contributed by atoms with Gasteiger partial charge in [0.1, 0.15) is 17.2 Å². The minimum atomic E-state index is -0.614. The maximum atomic E-state index is 14.4. The smallest absolute Gasteiger partial charge is 0.306 e. The van der Waals surface area contributed by atoms with Crippen LogP contribution in [0.5, 0.6) is 0 Å². The topological polar surface area (TPSA) is 71.5 Å². The predicted octanol–water partition coefficient (Wildman–Crippen LogP) is 7.72. The molecule has 0 radical (unpaired) electrons. The van der Waals surface area contributed by atoms with Gasteiger partial charge in [0.25, 0.3) is 5.91 Å². The molecule has 2 aromatic carbocycles. The number of fused-ring (bicyclic) bond motifs is 1. The SMILES string of the molecule is Cc1c(N2CCCCC2)nc2ccc(Br)cc2c1C(=O)NCC(CCC(=O)OC(C)(C)C)c1cccc(F)c1Cl. The number of rotatable bonds is 8. The number of piperidine rings is 1. The monoisotopic (exact) mass is 631 g/mol. The number of carbonyl (C=O) groups excluding carboxylic acids is 2. The van der Waals surface area contributed by atoms with Gasteiger partial charge in [-0.25, -0.2) is 9.37 Å². The zero-order chi connectivity index (χ0) is 29.0. The van der Waals surface area contributed by atoms with E-state index in [4.69, 9.17) is 21.3 Å². The molecule has 1 aliphatic heterocycles. The number of halogens is 3. The number of anilines is 1. The summed E-state index contributed by atoms with van der Waals surface area (Å²) in [5.41, 5.74) is 2.05. The first kappa shape index (κ1) is 30.3. The second-order valence-electron chi connectivity index (χ2n) is 11.3. The van der Waals surface area contributed by atoms with E-state index in [1.54, 1.807) is 12.1 Å². The lowest BCUT2D eigenvalue weighted by Crippen LogP contribution is -2.33. The van der Waals surface area contributed by atoms with E-state index in [-0.39, 0.29) is 29.9 Å². The van der Waals surface area contributed by atoms with Gasteiger partial charge in [0.15, 0.2) is 0 Å². The summed E-state index contributed by atoms with van der Waals surface area (Å²) in [4.78, 5) is 33.5. The third-order valence-corrected chi connectivity index (χ3v) is 7.99. The zero-order valence-electron chi connectivity index (χ0n) is 23.5. The number of amides is 1. The highest BCUT2D eigenvalue weighted by molar-refractivity contribution is 9.10. The summed E-state index contributed by atoms with van der Waals surface area (Å²) in [6, 6.07) is 10.4. The molecular weight excluding hydrogens is 597 g/mol. The molecule has 2 heterocycles. The molecular formula is C31H36BrClFN3O3. The quantitative estimate of drug-likeness (QED) is 0.258. The van der Waals surface area contributed by atoms with Crippen molar-refractivity contribution in [2.75, 3.05) is 24.5 Å². The number of ether oxygens (including phenoxy) is 1. The van der Waals surface area contributed by atoms with Crippen LogP contribution in [0.15, 0.2) is 40.9 Å². The third kappa shape index (κ3) is 7.32. The van der Waals surface area contributed by atoms with Crippen molar-refractivity contribution in [3.05, 3.63) is 68.4 Å². The Morgan fingerprint density at radius 2 is 1.90 bits per heavy atom. The molecule has 1 aromatic heterocycles. The highest BCUT2D eigenvalue weighted by Gasteiger charge is 2.25. The molecule has 3 aromatic rings. The molecule has 214 valence electrons. The third-order valence-electron chi connectivity index (χ3n) is 7.09. The van der Waals surface area contributed by atoms with Crippen molar-refractivity contribution in [3.63, 3.8) is 0 Å². The minimum absolute atomic E-state index is 0.00667. The van der Waals surface area contributed by atoms with Gasteiger partial charge in [-0.3, -0.25) is 9.59 Å². The van der Waals surface area contributed by atoms with Crippen molar-refractivity contribution in [1.82, 2.24) is 10.3 Å². The van der Waals surface area contributed by atoms with Crippen LogP contribution in [0.1, 0.15) is 80.3 Å².